The van der Waals surface area contributed by atoms with Crippen LogP contribution in [0.5, 0.6) is 5.75 Å². The number of nitrogens with one attached hydrogen (secondary N) is 1. The molecule has 1 N–H and O–H groups in total. The predicted molar refractivity (Wildman–Crippen MR) is 115 cm³/mol. The van der Waals surface area contributed by atoms with Gasteiger partial charge < -0.3 is 14.8 Å². The van der Waals surface area contributed by atoms with E-state index < -0.39 is 41.1 Å². The minimum absolute atomic E-state index is 0.0109. The van der Waals surface area contributed by atoms with Crippen LogP contribution in [0.25, 0.3) is 0 Å². The highest BCUT2D eigenvalue weighted by atomic mass is 19.1. The number of anilines is 1. The molecule has 2 heterocycles. The minimum atomic E-state index is -0.981. The maximum atomic E-state index is 15.3. The molecule has 2 atom stereocenters. The standard InChI is InChI=1S/C23H21F3N4O4/c1-3-5-12(2)34-19-9-13(18-10-33-11-20-28-29-23(32)30(18)20)17(26)8-14(19)22(31)27-21-15(24)6-4-7-16(21)25/h4,6-9,11-12,18H,3,5,10H2,1-2H3,(H,27,31)/t12-,18?/m0/s1. The smallest absolute Gasteiger partial charge is 0.368 e. The summed E-state index contributed by atoms with van der Waals surface area (Å²) < 4.78 is 54.6. The summed E-state index contributed by atoms with van der Waals surface area (Å²) in [5.41, 5.74) is -0.911. The average molecular weight is 474 g/mol. The first kappa shape index (κ1) is 23.3. The summed E-state index contributed by atoms with van der Waals surface area (Å²) in [7, 11) is 0. The van der Waals surface area contributed by atoms with Crippen molar-refractivity contribution in [3.63, 3.8) is 0 Å². The van der Waals surface area contributed by atoms with Gasteiger partial charge in [0.25, 0.3) is 5.91 Å². The molecule has 8 nitrogen and oxygen atoms in total. The third-order valence-electron chi connectivity index (χ3n) is 5.37. The molecule has 2 aromatic carbocycles. The van der Waals surface area contributed by atoms with Crippen LogP contribution >= 0.6 is 0 Å². The largest absolute Gasteiger partial charge is 0.495 e. The summed E-state index contributed by atoms with van der Waals surface area (Å²) in [6, 6.07) is 3.73. The van der Waals surface area contributed by atoms with Gasteiger partial charge in [0.15, 0.2) is 5.82 Å². The SMILES string of the molecule is CCC[C@H](C)Oc1cc(C2COC=C3N=NC(=O)N32)c(F)cc1C(=O)Nc1c(F)cccc1F. The number of hydrogen-bond acceptors (Lipinski definition) is 5. The molecule has 1 unspecified atom stereocenters. The van der Waals surface area contributed by atoms with E-state index in [0.29, 0.717) is 6.42 Å². The Bertz CT molecular complexity index is 1180. The Morgan fingerprint density at radius 2 is 1.97 bits per heavy atom. The number of halogens is 3. The average Bonchev–Trinajstić information content (AvgIpc) is 3.18. The van der Waals surface area contributed by atoms with Crippen molar-refractivity contribution in [2.24, 2.45) is 10.2 Å². The van der Waals surface area contributed by atoms with Gasteiger partial charge in [-0.1, -0.05) is 24.5 Å². The van der Waals surface area contributed by atoms with Gasteiger partial charge in [0.1, 0.15) is 47.8 Å². The molecule has 0 bridgehead atoms. The van der Waals surface area contributed by atoms with Gasteiger partial charge in [-0.05, 0) is 37.6 Å². The lowest BCUT2D eigenvalue weighted by Gasteiger charge is -2.30. The molecule has 178 valence electrons. The predicted octanol–water partition coefficient (Wildman–Crippen LogP) is 5.68. The molecule has 0 aliphatic carbocycles. The molecule has 0 saturated carbocycles. The molecule has 0 spiro atoms. The summed E-state index contributed by atoms with van der Waals surface area (Å²) in [4.78, 5) is 26.3. The molecule has 0 radical (unpaired) electrons. The lowest BCUT2D eigenvalue weighted by atomic mass is 10.0. The fourth-order valence-electron chi connectivity index (χ4n) is 3.76. The van der Waals surface area contributed by atoms with E-state index >= 15 is 4.39 Å². The number of benzene rings is 2. The molecule has 0 saturated heterocycles. The van der Waals surface area contributed by atoms with E-state index in [4.69, 9.17) is 9.47 Å². The molecule has 0 aromatic heterocycles. The number of carbonyl (C=O) groups is 2. The molecule has 0 fully saturated rings. The quantitative estimate of drug-likeness (QED) is 0.559. The summed E-state index contributed by atoms with van der Waals surface area (Å²) in [6.07, 6.45) is 2.32. The molecular weight excluding hydrogens is 453 g/mol. The summed E-state index contributed by atoms with van der Waals surface area (Å²) in [5.74, 6) is -3.65. The highest BCUT2D eigenvalue weighted by Gasteiger charge is 2.38. The van der Waals surface area contributed by atoms with Gasteiger partial charge in [0.05, 0.1) is 11.7 Å². The van der Waals surface area contributed by atoms with Gasteiger partial charge in [-0.15, -0.1) is 5.11 Å². The second-order valence-corrected chi connectivity index (χ2v) is 7.82. The molecule has 2 aliphatic heterocycles. The van der Waals surface area contributed by atoms with E-state index in [2.05, 4.69) is 15.5 Å². The van der Waals surface area contributed by atoms with Gasteiger partial charge in [0.2, 0.25) is 0 Å². The number of azo groups is 1. The Kier molecular flexibility index (Phi) is 6.53. The Morgan fingerprint density at radius 3 is 2.68 bits per heavy atom. The number of urea groups is 1. The lowest BCUT2D eigenvalue weighted by molar-refractivity contribution is 0.101. The molecule has 2 aliphatic rings. The van der Waals surface area contributed by atoms with Crippen LogP contribution in [0.15, 0.2) is 52.6 Å². The van der Waals surface area contributed by atoms with E-state index in [9.17, 15) is 18.4 Å². The van der Waals surface area contributed by atoms with Crippen LogP contribution in [0, 0.1) is 17.5 Å². The second kappa shape index (κ2) is 9.54. The second-order valence-electron chi connectivity index (χ2n) is 7.82. The van der Waals surface area contributed by atoms with E-state index in [1.165, 1.54) is 17.2 Å². The van der Waals surface area contributed by atoms with Crippen LogP contribution in [0.3, 0.4) is 0 Å². The van der Waals surface area contributed by atoms with E-state index in [1.54, 1.807) is 6.92 Å². The number of carbonyl (C=O) groups excluding carboxylic acids is 2. The number of amides is 3. The van der Waals surface area contributed by atoms with Crippen LogP contribution in [-0.4, -0.2) is 29.5 Å². The third-order valence-corrected chi connectivity index (χ3v) is 5.37. The Balaban J connectivity index is 1.73. The highest BCUT2D eigenvalue weighted by molar-refractivity contribution is 6.06. The van der Waals surface area contributed by atoms with E-state index in [0.717, 1.165) is 30.7 Å². The Hall–Kier alpha value is -3.89. The van der Waals surface area contributed by atoms with Crippen molar-refractivity contribution in [2.75, 3.05) is 11.9 Å². The lowest BCUT2D eigenvalue weighted by Crippen LogP contribution is -2.34. The molecule has 4 rings (SSSR count). The maximum absolute atomic E-state index is 15.3. The summed E-state index contributed by atoms with van der Waals surface area (Å²) >= 11 is 0. The molecule has 34 heavy (non-hydrogen) atoms. The van der Waals surface area contributed by atoms with Crippen LogP contribution in [0.4, 0.5) is 23.7 Å². The maximum Gasteiger partial charge on any atom is 0.368 e. The van der Waals surface area contributed by atoms with Crippen molar-refractivity contribution in [1.29, 1.82) is 0 Å². The van der Waals surface area contributed by atoms with Gasteiger partial charge in [-0.3, -0.25) is 9.69 Å². The van der Waals surface area contributed by atoms with Crippen molar-refractivity contribution in [2.45, 2.75) is 38.8 Å². The van der Waals surface area contributed by atoms with E-state index in [-0.39, 0.29) is 35.4 Å². The van der Waals surface area contributed by atoms with Crippen LogP contribution in [0.1, 0.15) is 48.7 Å². The summed E-state index contributed by atoms with van der Waals surface area (Å²) in [6.45, 7) is 3.65. The Labute approximate surface area is 193 Å². The van der Waals surface area contributed by atoms with Gasteiger partial charge in [-0.2, -0.15) is 0 Å². The monoisotopic (exact) mass is 474 g/mol. The van der Waals surface area contributed by atoms with Crippen molar-refractivity contribution < 1.29 is 32.2 Å². The van der Waals surface area contributed by atoms with Crippen LogP contribution in [0.2, 0.25) is 0 Å². The zero-order valence-corrected chi connectivity index (χ0v) is 18.3. The van der Waals surface area contributed by atoms with Crippen LogP contribution in [-0.2, 0) is 4.74 Å². The highest BCUT2D eigenvalue weighted by Crippen LogP contribution is 2.38. The normalized spacial score (nSPS) is 17.7. The van der Waals surface area contributed by atoms with E-state index in [1.807, 2.05) is 6.92 Å². The third kappa shape index (κ3) is 4.45. The number of fused-ring (bicyclic) bond motifs is 1. The van der Waals surface area contributed by atoms with Crippen molar-refractivity contribution in [3.8, 4) is 5.75 Å². The summed E-state index contributed by atoms with van der Waals surface area (Å²) in [5, 5.41) is 9.31. The van der Waals surface area contributed by atoms with Crippen molar-refractivity contribution in [1.82, 2.24) is 4.90 Å². The molecule has 11 heteroatoms. The Morgan fingerprint density at radius 1 is 1.24 bits per heavy atom. The minimum Gasteiger partial charge on any atom is -0.495 e. The van der Waals surface area contributed by atoms with Crippen molar-refractivity contribution >= 4 is 17.6 Å². The fraction of sp³-hybridized carbons (Fsp3) is 0.304. The zero-order chi connectivity index (χ0) is 24.4. The van der Waals surface area contributed by atoms with Gasteiger partial charge in [0, 0.05) is 5.56 Å². The topological polar surface area (TPSA) is 92.6 Å². The number of ether oxygens (including phenoxy) is 2. The number of rotatable bonds is 7. The van der Waals surface area contributed by atoms with Crippen LogP contribution < -0.4 is 10.1 Å². The van der Waals surface area contributed by atoms with Gasteiger partial charge in [-0.25, -0.2) is 18.0 Å². The molecule has 2 aromatic rings. The fourth-order valence-corrected chi connectivity index (χ4v) is 3.76. The molecule has 3 amide bonds. The number of nitrogens with zero attached hydrogens (tertiary/aromatic N) is 3. The number of para-hydroxylation sites is 1. The first-order valence-corrected chi connectivity index (χ1v) is 10.6. The van der Waals surface area contributed by atoms with Crippen molar-refractivity contribution in [3.05, 3.63) is 71.0 Å². The zero-order valence-electron chi connectivity index (χ0n) is 18.3. The first-order chi connectivity index (χ1) is 16.3. The first-order valence-electron chi connectivity index (χ1n) is 10.6. The number of hydrogen-bond donors (Lipinski definition) is 1. The van der Waals surface area contributed by atoms with Gasteiger partial charge >= 0.3 is 6.03 Å². The molecular formula is C23H21F3N4O4.